The van der Waals surface area contributed by atoms with Crippen LogP contribution in [0.3, 0.4) is 0 Å². The summed E-state index contributed by atoms with van der Waals surface area (Å²) in [6, 6.07) is -2.62. The summed E-state index contributed by atoms with van der Waals surface area (Å²) in [6.07, 6.45) is -0.787. The predicted octanol–water partition coefficient (Wildman–Crippen LogP) is -6.56. The first-order valence-electron chi connectivity index (χ1n) is 15.5. The van der Waals surface area contributed by atoms with Gasteiger partial charge in [-0.05, 0) is 5.53 Å². The van der Waals surface area contributed by atoms with Crippen LogP contribution in [0.1, 0.15) is 19.8 Å². The largest absolute Gasteiger partial charge is 0.379 e. The number of amides is 5. The van der Waals surface area contributed by atoms with Crippen LogP contribution in [0.5, 0.6) is 0 Å². The molecule has 0 saturated carbocycles. The van der Waals surface area contributed by atoms with Gasteiger partial charge in [-0.25, -0.2) is 0 Å². The lowest BCUT2D eigenvalue weighted by atomic mass is 10.1. The highest BCUT2D eigenvalue weighted by Crippen LogP contribution is 2.00. The maximum Gasteiger partial charge on any atom is 0.243 e. The van der Waals surface area contributed by atoms with Crippen molar-refractivity contribution in [3.8, 4) is 0 Å². The van der Waals surface area contributed by atoms with Crippen molar-refractivity contribution >= 4 is 29.5 Å². The Morgan fingerprint density at radius 2 is 1.28 bits per heavy atom. The minimum atomic E-state index is -1.32. The first-order chi connectivity index (χ1) is 22.1. The molecule has 5 amide bonds. The molecule has 0 aliphatic heterocycles. The molecule has 0 spiro atoms. The van der Waals surface area contributed by atoms with E-state index in [1.807, 2.05) is 9.80 Å². The standard InChI is InChI=1S/C26H54N14O6/c1-20(41)36-22(19-24(43)33-7-15-40(12-4-29)13-5-30)26(45)37-21(25(44)34-8-16-46-17-9-35-38-31)18-23(42)32-6-14-39(10-2-27)11-3-28/h21-22H,2-19,27-30H2,1H3,(H,32,42)(H,33,43)(H,34,44)(H,36,41)(H,37,45)/p+2/t21-,22+/m0/s1. The van der Waals surface area contributed by atoms with Crippen molar-refractivity contribution in [2.24, 2.45) is 16.6 Å². The summed E-state index contributed by atoms with van der Waals surface area (Å²) in [5.74, 6) is -3.02. The van der Waals surface area contributed by atoms with Gasteiger partial charge in [0.15, 0.2) is 0 Å². The number of hydrogen-bond acceptors (Lipinski definition) is 11. The summed E-state index contributed by atoms with van der Waals surface area (Å²) < 4.78 is 5.27. The molecule has 46 heavy (non-hydrogen) atoms. The Labute approximate surface area is 270 Å². The van der Waals surface area contributed by atoms with Crippen LogP contribution in [-0.2, 0) is 28.7 Å². The third kappa shape index (κ3) is 22.0. The van der Waals surface area contributed by atoms with E-state index in [1.165, 1.54) is 6.92 Å². The topological polar surface area (TPSA) is 317 Å². The Hall–Kier alpha value is -3.62. The third-order valence-corrected chi connectivity index (χ3v) is 6.39. The molecule has 20 heteroatoms. The summed E-state index contributed by atoms with van der Waals surface area (Å²) in [7, 11) is 0. The molecule has 2 atom stereocenters. The van der Waals surface area contributed by atoms with E-state index in [0.29, 0.717) is 72.0 Å². The van der Waals surface area contributed by atoms with Gasteiger partial charge in [-0.15, -0.1) is 0 Å². The van der Waals surface area contributed by atoms with Crippen LogP contribution in [0.15, 0.2) is 5.11 Å². The molecule has 0 unspecified atom stereocenters. The first-order valence-corrected chi connectivity index (χ1v) is 15.5. The highest BCUT2D eigenvalue weighted by molar-refractivity contribution is 5.96. The monoisotopic (exact) mass is 660 g/mol. The van der Waals surface area contributed by atoms with E-state index in [4.69, 9.17) is 21.7 Å². The van der Waals surface area contributed by atoms with Crippen LogP contribution in [0.25, 0.3) is 10.4 Å². The predicted molar refractivity (Wildman–Crippen MR) is 169 cm³/mol. The molecule has 20 nitrogen and oxygen atoms in total. The number of quaternary nitrogens is 2. The number of nitrogens with zero attached hydrogens (tertiary/aromatic N) is 5. The van der Waals surface area contributed by atoms with E-state index in [0.717, 1.165) is 0 Å². The third-order valence-electron chi connectivity index (χ3n) is 6.39. The van der Waals surface area contributed by atoms with Gasteiger partial charge in [0, 0.05) is 90.4 Å². The summed E-state index contributed by atoms with van der Waals surface area (Å²) in [6.45, 7) is 8.21. The Morgan fingerprint density at radius 3 is 1.74 bits per heavy atom. The van der Waals surface area contributed by atoms with Crippen molar-refractivity contribution < 1.29 is 40.2 Å². The highest BCUT2D eigenvalue weighted by atomic mass is 16.5. The highest BCUT2D eigenvalue weighted by Gasteiger charge is 2.29. The van der Waals surface area contributed by atoms with Crippen molar-refractivity contribution in [1.29, 1.82) is 0 Å². The van der Waals surface area contributed by atoms with Crippen molar-refractivity contribution in [1.82, 2.24) is 36.4 Å². The second kappa shape index (κ2) is 27.7. The molecule has 0 saturated heterocycles. The molecule has 0 fully saturated rings. The second-order valence-corrected chi connectivity index (χ2v) is 10.2. The molecule has 0 aromatic carbocycles. The average molecular weight is 661 g/mol. The van der Waals surface area contributed by atoms with Crippen LogP contribution in [0.2, 0.25) is 0 Å². The van der Waals surface area contributed by atoms with Gasteiger partial charge in [-0.1, -0.05) is 5.11 Å². The van der Waals surface area contributed by atoms with Gasteiger partial charge >= 0.3 is 0 Å². The van der Waals surface area contributed by atoms with E-state index in [1.54, 1.807) is 0 Å². The van der Waals surface area contributed by atoms with Crippen molar-refractivity contribution in [2.75, 3.05) is 105 Å². The maximum absolute atomic E-state index is 13.3. The Bertz CT molecular complexity index is 940. The summed E-state index contributed by atoms with van der Waals surface area (Å²) in [4.78, 5) is 70.3. The summed E-state index contributed by atoms with van der Waals surface area (Å²) in [5, 5.41) is 16.4. The molecule has 0 aliphatic carbocycles. The van der Waals surface area contributed by atoms with Crippen LogP contribution in [-0.4, -0.2) is 156 Å². The second-order valence-electron chi connectivity index (χ2n) is 10.2. The quantitative estimate of drug-likeness (QED) is 0.0165. The van der Waals surface area contributed by atoms with Gasteiger partial charge in [0.2, 0.25) is 29.5 Å². The number of carbonyl (C=O) groups excluding carboxylic acids is 5. The molecule has 0 rings (SSSR count). The van der Waals surface area contributed by atoms with Gasteiger partial charge in [0.1, 0.15) is 12.1 Å². The molecular weight excluding hydrogens is 604 g/mol. The minimum Gasteiger partial charge on any atom is -0.379 e. The Balaban J connectivity index is 5.40. The lowest BCUT2D eigenvalue weighted by Gasteiger charge is -2.23. The normalized spacial score (nSPS) is 12.2. The molecule has 15 N–H and O–H groups in total. The van der Waals surface area contributed by atoms with Crippen molar-refractivity contribution in [3.05, 3.63) is 10.4 Å². The van der Waals surface area contributed by atoms with Gasteiger partial charge in [-0.3, -0.25) is 33.8 Å². The van der Waals surface area contributed by atoms with Gasteiger partial charge in [-0.2, -0.15) is 0 Å². The Kier molecular flexibility index (Phi) is 25.5. The van der Waals surface area contributed by atoms with E-state index in [9.17, 15) is 24.0 Å². The fourth-order valence-electron chi connectivity index (χ4n) is 4.26. The molecule has 0 radical (unpaired) electrons. The number of nitrogens with one attached hydrogen (secondary N) is 5. The number of nitrogens with two attached hydrogens (primary N) is 2. The lowest BCUT2D eigenvalue weighted by Crippen LogP contribution is -2.56. The van der Waals surface area contributed by atoms with Gasteiger partial charge < -0.3 is 54.3 Å². The molecule has 0 heterocycles. The smallest absolute Gasteiger partial charge is 0.243 e. The van der Waals surface area contributed by atoms with Gasteiger partial charge in [0.05, 0.1) is 39.1 Å². The molecule has 0 aromatic rings. The Morgan fingerprint density at radius 1 is 0.761 bits per heavy atom. The van der Waals surface area contributed by atoms with E-state index in [2.05, 4.69) is 48.1 Å². The molecule has 264 valence electrons. The van der Waals surface area contributed by atoms with E-state index >= 15 is 0 Å². The lowest BCUT2D eigenvalue weighted by molar-refractivity contribution is -0.369. The zero-order valence-corrected chi connectivity index (χ0v) is 27.1. The van der Waals surface area contributed by atoms with Crippen LogP contribution in [0, 0.1) is 0 Å². The first kappa shape index (κ1) is 42.4. The van der Waals surface area contributed by atoms with E-state index < -0.39 is 48.0 Å². The number of carbonyl (C=O) groups is 5. The molecular formula is C26H56N14O6+2. The van der Waals surface area contributed by atoms with Crippen molar-refractivity contribution in [2.45, 2.75) is 31.8 Å². The zero-order valence-electron chi connectivity index (χ0n) is 27.1. The SMILES string of the molecule is CC(=O)N[C@H](CC(=O)NCCN(CCN)CC[NH3+])C(=O)N[C@@H](CC(=O)NCCN(CCN)CC[NH3+])C(=O)NCCOCCN=[N+]=[N-]. The number of ether oxygens (including phenoxy) is 1. The summed E-state index contributed by atoms with van der Waals surface area (Å²) in [5.41, 5.74) is 27.2. The van der Waals surface area contributed by atoms with Crippen LogP contribution in [0.4, 0.5) is 0 Å². The van der Waals surface area contributed by atoms with E-state index in [-0.39, 0.29) is 39.3 Å². The summed E-state index contributed by atoms with van der Waals surface area (Å²) >= 11 is 0. The molecule has 0 bridgehead atoms. The zero-order chi connectivity index (χ0) is 34.6. The fraction of sp³-hybridized carbons (Fsp3) is 0.808. The number of azide groups is 1. The molecule has 0 aromatic heterocycles. The number of rotatable bonds is 28. The fourth-order valence-corrected chi connectivity index (χ4v) is 4.26. The minimum absolute atomic E-state index is 0.0506. The number of hydrogen-bond donors (Lipinski definition) is 9. The van der Waals surface area contributed by atoms with Crippen LogP contribution >= 0.6 is 0 Å². The van der Waals surface area contributed by atoms with Crippen LogP contribution < -0.4 is 49.5 Å². The average Bonchev–Trinajstić information content (AvgIpc) is 3.00. The maximum atomic E-state index is 13.3. The molecule has 0 aliphatic rings. The van der Waals surface area contributed by atoms with Crippen molar-refractivity contribution in [3.63, 3.8) is 0 Å². The van der Waals surface area contributed by atoms with Gasteiger partial charge in [0.25, 0.3) is 0 Å².